The standard InChI is InChI=1S/C15H11ClN2O2S/c1-8-2-4-12-13(6-8)21-15(18-12)17-11-5-3-9(16)7-10(11)14(19)20/h2-7H,1H3,(H,17,18)(H,19,20). The largest absolute Gasteiger partial charge is 0.478 e. The first kappa shape index (κ1) is 13.9. The lowest BCUT2D eigenvalue weighted by atomic mass is 10.2. The van der Waals surface area contributed by atoms with Gasteiger partial charge in [-0.15, -0.1) is 0 Å². The molecule has 4 nitrogen and oxygen atoms in total. The summed E-state index contributed by atoms with van der Waals surface area (Å²) in [7, 11) is 0. The normalized spacial score (nSPS) is 10.8. The second kappa shape index (κ2) is 5.35. The van der Waals surface area contributed by atoms with Crippen molar-refractivity contribution in [1.29, 1.82) is 0 Å². The number of thiazole rings is 1. The highest BCUT2D eigenvalue weighted by Crippen LogP contribution is 2.31. The van der Waals surface area contributed by atoms with Crippen LogP contribution in [0.5, 0.6) is 0 Å². The van der Waals surface area contributed by atoms with Crippen LogP contribution in [-0.2, 0) is 0 Å². The van der Waals surface area contributed by atoms with Gasteiger partial charge in [0.25, 0.3) is 0 Å². The minimum absolute atomic E-state index is 0.123. The molecule has 0 radical (unpaired) electrons. The van der Waals surface area contributed by atoms with Crippen LogP contribution in [0.4, 0.5) is 10.8 Å². The first-order valence-corrected chi connectivity index (χ1v) is 7.39. The smallest absolute Gasteiger partial charge is 0.337 e. The number of rotatable bonds is 3. The Labute approximate surface area is 130 Å². The number of anilines is 2. The van der Waals surface area contributed by atoms with Gasteiger partial charge in [0.1, 0.15) is 0 Å². The number of aromatic carboxylic acids is 1. The van der Waals surface area contributed by atoms with E-state index in [1.165, 1.54) is 17.4 Å². The predicted molar refractivity (Wildman–Crippen MR) is 86.1 cm³/mol. The van der Waals surface area contributed by atoms with Gasteiger partial charge in [0.05, 0.1) is 21.5 Å². The Balaban J connectivity index is 2.00. The molecule has 21 heavy (non-hydrogen) atoms. The quantitative estimate of drug-likeness (QED) is 0.734. The van der Waals surface area contributed by atoms with E-state index in [0.717, 1.165) is 15.8 Å². The third-order valence-corrected chi connectivity index (χ3v) is 4.17. The first-order valence-electron chi connectivity index (χ1n) is 6.20. The van der Waals surface area contributed by atoms with E-state index < -0.39 is 5.97 Å². The van der Waals surface area contributed by atoms with Crippen molar-refractivity contribution in [1.82, 2.24) is 4.98 Å². The molecular weight excluding hydrogens is 308 g/mol. The molecule has 0 bridgehead atoms. The van der Waals surface area contributed by atoms with E-state index >= 15 is 0 Å². The van der Waals surface area contributed by atoms with E-state index in [-0.39, 0.29) is 5.56 Å². The molecular formula is C15H11ClN2O2S. The molecule has 2 N–H and O–H groups in total. The van der Waals surface area contributed by atoms with Crippen molar-refractivity contribution in [3.05, 3.63) is 52.5 Å². The Morgan fingerprint density at radius 3 is 2.86 bits per heavy atom. The molecule has 2 aromatic carbocycles. The number of fused-ring (bicyclic) bond motifs is 1. The molecule has 0 saturated heterocycles. The van der Waals surface area contributed by atoms with Gasteiger partial charge in [-0.25, -0.2) is 9.78 Å². The van der Waals surface area contributed by atoms with Gasteiger partial charge in [-0.3, -0.25) is 0 Å². The van der Waals surface area contributed by atoms with Crippen molar-refractivity contribution < 1.29 is 9.90 Å². The van der Waals surface area contributed by atoms with Crippen LogP contribution in [0.15, 0.2) is 36.4 Å². The van der Waals surface area contributed by atoms with Crippen molar-refractivity contribution in [3.63, 3.8) is 0 Å². The van der Waals surface area contributed by atoms with Crippen molar-refractivity contribution in [2.24, 2.45) is 0 Å². The van der Waals surface area contributed by atoms with E-state index in [2.05, 4.69) is 16.4 Å². The van der Waals surface area contributed by atoms with Gasteiger partial charge in [-0.1, -0.05) is 29.0 Å². The maximum Gasteiger partial charge on any atom is 0.337 e. The highest BCUT2D eigenvalue weighted by molar-refractivity contribution is 7.22. The van der Waals surface area contributed by atoms with E-state index in [1.54, 1.807) is 12.1 Å². The summed E-state index contributed by atoms with van der Waals surface area (Å²) in [6.45, 7) is 2.02. The van der Waals surface area contributed by atoms with Crippen molar-refractivity contribution in [2.45, 2.75) is 6.92 Å². The van der Waals surface area contributed by atoms with Gasteiger partial charge in [0.2, 0.25) is 0 Å². The highest BCUT2D eigenvalue weighted by atomic mass is 35.5. The molecule has 0 aliphatic rings. The van der Waals surface area contributed by atoms with Crippen molar-refractivity contribution >= 4 is 49.9 Å². The zero-order valence-electron chi connectivity index (χ0n) is 11.1. The maximum absolute atomic E-state index is 11.3. The van der Waals surface area contributed by atoms with Gasteiger partial charge in [-0.05, 0) is 42.8 Å². The summed E-state index contributed by atoms with van der Waals surface area (Å²) in [5.41, 5.74) is 2.65. The van der Waals surface area contributed by atoms with Gasteiger partial charge in [0, 0.05) is 5.02 Å². The number of aromatic nitrogens is 1. The van der Waals surface area contributed by atoms with E-state index in [9.17, 15) is 9.90 Å². The molecule has 0 atom stereocenters. The molecule has 1 heterocycles. The van der Waals surface area contributed by atoms with Crippen LogP contribution in [0.3, 0.4) is 0 Å². The molecule has 0 unspecified atom stereocenters. The lowest BCUT2D eigenvalue weighted by molar-refractivity contribution is 0.0698. The number of carboxylic acid groups (broad SMARTS) is 1. The molecule has 3 rings (SSSR count). The summed E-state index contributed by atoms with van der Waals surface area (Å²) >= 11 is 7.32. The monoisotopic (exact) mass is 318 g/mol. The van der Waals surface area contributed by atoms with Gasteiger partial charge in [-0.2, -0.15) is 0 Å². The lowest BCUT2D eigenvalue weighted by Crippen LogP contribution is -2.02. The molecule has 1 aromatic heterocycles. The fourth-order valence-electron chi connectivity index (χ4n) is 2.00. The molecule has 0 aliphatic heterocycles. The predicted octanol–water partition coefficient (Wildman–Crippen LogP) is 4.70. The number of carboxylic acids is 1. The fraction of sp³-hybridized carbons (Fsp3) is 0.0667. The average molecular weight is 319 g/mol. The third-order valence-electron chi connectivity index (χ3n) is 3.00. The molecule has 3 aromatic rings. The number of aryl methyl sites for hydroxylation is 1. The first-order chi connectivity index (χ1) is 10.0. The molecule has 0 aliphatic carbocycles. The van der Waals surface area contributed by atoms with Crippen LogP contribution in [0.1, 0.15) is 15.9 Å². The lowest BCUT2D eigenvalue weighted by Gasteiger charge is -2.06. The van der Waals surface area contributed by atoms with Crippen molar-refractivity contribution in [3.8, 4) is 0 Å². The Bertz CT molecular complexity index is 845. The Morgan fingerprint density at radius 2 is 2.10 bits per heavy atom. The molecule has 106 valence electrons. The number of hydrogen-bond donors (Lipinski definition) is 2. The summed E-state index contributed by atoms with van der Waals surface area (Å²) < 4.78 is 1.06. The summed E-state index contributed by atoms with van der Waals surface area (Å²) in [4.78, 5) is 15.7. The Kier molecular flexibility index (Phi) is 3.53. The minimum Gasteiger partial charge on any atom is -0.478 e. The minimum atomic E-state index is -1.03. The number of halogens is 1. The van der Waals surface area contributed by atoms with Crippen LogP contribution in [0.2, 0.25) is 5.02 Å². The Hall–Kier alpha value is -2.11. The number of benzene rings is 2. The summed E-state index contributed by atoms with van der Waals surface area (Å²) in [6, 6.07) is 10.7. The molecule has 0 amide bonds. The third kappa shape index (κ3) is 2.84. The summed E-state index contributed by atoms with van der Waals surface area (Å²) in [6.07, 6.45) is 0. The molecule has 0 fully saturated rings. The van der Waals surface area contributed by atoms with E-state index in [4.69, 9.17) is 11.6 Å². The fourth-order valence-corrected chi connectivity index (χ4v) is 3.15. The van der Waals surface area contributed by atoms with Crippen LogP contribution < -0.4 is 5.32 Å². The number of nitrogens with one attached hydrogen (secondary N) is 1. The molecule has 6 heteroatoms. The topological polar surface area (TPSA) is 62.2 Å². The van der Waals surface area contributed by atoms with E-state index in [0.29, 0.717) is 15.8 Å². The zero-order valence-corrected chi connectivity index (χ0v) is 12.6. The van der Waals surface area contributed by atoms with Crippen LogP contribution >= 0.6 is 22.9 Å². The summed E-state index contributed by atoms with van der Waals surface area (Å²) in [5.74, 6) is -1.03. The Morgan fingerprint density at radius 1 is 1.29 bits per heavy atom. The van der Waals surface area contributed by atoms with Crippen LogP contribution in [-0.4, -0.2) is 16.1 Å². The number of carbonyl (C=O) groups is 1. The highest BCUT2D eigenvalue weighted by Gasteiger charge is 2.12. The van der Waals surface area contributed by atoms with Crippen molar-refractivity contribution in [2.75, 3.05) is 5.32 Å². The number of hydrogen-bond acceptors (Lipinski definition) is 4. The van der Waals surface area contributed by atoms with Gasteiger partial charge >= 0.3 is 5.97 Å². The second-order valence-corrected chi connectivity index (χ2v) is 6.08. The van der Waals surface area contributed by atoms with E-state index in [1.807, 2.05) is 19.1 Å². The van der Waals surface area contributed by atoms with Crippen LogP contribution in [0.25, 0.3) is 10.2 Å². The second-order valence-electron chi connectivity index (χ2n) is 4.61. The molecule has 0 spiro atoms. The average Bonchev–Trinajstić information content (AvgIpc) is 2.82. The van der Waals surface area contributed by atoms with Gasteiger partial charge in [0.15, 0.2) is 5.13 Å². The van der Waals surface area contributed by atoms with Gasteiger partial charge < -0.3 is 10.4 Å². The molecule has 0 saturated carbocycles. The SMILES string of the molecule is Cc1ccc2nc(Nc3ccc(Cl)cc3C(=O)O)sc2c1. The number of nitrogens with zero attached hydrogens (tertiary/aromatic N) is 1. The summed E-state index contributed by atoms with van der Waals surface area (Å²) in [5, 5.41) is 13.3. The maximum atomic E-state index is 11.3. The zero-order chi connectivity index (χ0) is 15.0. The van der Waals surface area contributed by atoms with Crippen LogP contribution in [0, 0.1) is 6.92 Å².